The van der Waals surface area contributed by atoms with Crippen LogP contribution < -0.4 is 0 Å². The van der Waals surface area contributed by atoms with Crippen molar-refractivity contribution in [3.05, 3.63) is 28.0 Å². The Balaban J connectivity index is 2.46. The van der Waals surface area contributed by atoms with E-state index in [4.69, 9.17) is 10.7 Å². The van der Waals surface area contributed by atoms with Gasteiger partial charge in [-0.2, -0.15) is 0 Å². The van der Waals surface area contributed by atoms with E-state index >= 15 is 0 Å². The number of rotatable bonds is 3. The lowest BCUT2D eigenvalue weighted by Crippen LogP contribution is -2.35. The SMILES string of the molecule is CCC1CCCN1C(=O)c1cc(S(=O)(=O)Cl)c(Br)cc1F. The molecule has 0 saturated carbocycles. The van der Waals surface area contributed by atoms with Crippen molar-refractivity contribution in [1.82, 2.24) is 4.90 Å². The largest absolute Gasteiger partial charge is 0.336 e. The molecule has 0 radical (unpaired) electrons. The average Bonchev–Trinajstić information content (AvgIpc) is 2.84. The standard InChI is InChI=1S/C13H14BrClFNO3S/c1-2-8-4-3-5-17(8)13(18)9-6-12(21(15,19)20)10(14)7-11(9)16/h6-8H,2-5H2,1H3. The summed E-state index contributed by atoms with van der Waals surface area (Å²) >= 11 is 2.95. The van der Waals surface area contributed by atoms with E-state index in [-0.39, 0.29) is 21.0 Å². The molecule has 1 aromatic carbocycles. The Kier molecular flexibility index (Phi) is 4.95. The number of nitrogens with zero attached hydrogens (tertiary/aromatic N) is 1. The highest BCUT2D eigenvalue weighted by Gasteiger charge is 2.31. The Morgan fingerprint density at radius 1 is 1.52 bits per heavy atom. The lowest BCUT2D eigenvalue weighted by atomic mass is 10.1. The van der Waals surface area contributed by atoms with Gasteiger partial charge in [-0.1, -0.05) is 6.92 Å². The molecule has 1 aromatic rings. The van der Waals surface area contributed by atoms with Crippen molar-refractivity contribution in [3.63, 3.8) is 0 Å². The van der Waals surface area contributed by atoms with Crippen LogP contribution in [-0.2, 0) is 9.05 Å². The van der Waals surface area contributed by atoms with Crippen molar-refractivity contribution >= 4 is 41.6 Å². The maximum absolute atomic E-state index is 14.0. The highest BCUT2D eigenvalue weighted by atomic mass is 79.9. The van der Waals surface area contributed by atoms with E-state index in [9.17, 15) is 17.6 Å². The quantitative estimate of drug-likeness (QED) is 0.732. The van der Waals surface area contributed by atoms with Gasteiger partial charge in [-0.25, -0.2) is 12.8 Å². The molecule has 0 bridgehead atoms. The first kappa shape index (κ1) is 16.7. The molecule has 0 spiro atoms. The van der Waals surface area contributed by atoms with Crippen LogP contribution in [0.3, 0.4) is 0 Å². The zero-order valence-corrected chi connectivity index (χ0v) is 14.4. The second-order valence-corrected chi connectivity index (χ2v) is 8.29. The van der Waals surface area contributed by atoms with E-state index in [1.165, 1.54) is 0 Å². The number of amides is 1. The summed E-state index contributed by atoms with van der Waals surface area (Å²) in [5, 5.41) is 0. The number of benzene rings is 1. The van der Waals surface area contributed by atoms with E-state index in [1.807, 2.05) is 6.92 Å². The molecule has 2 rings (SSSR count). The molecule has 116 valence electrons. The first-order valence-electron chi connectivity index (χ1n) is 6.50. The fraction of sp³-hybridized carbons (Fsp3) is 0.462. The summed E-state index contributed by atoms with van der Waals surface area (Å²) in [4.78, 5) is 13.7. The van der Waals surface area contributed by atoms with E-state index in [2.05, 4.69) is 15.9 Å². The zero-order chi connectivity index (χ0) is 15.8. The Morgan fingerprint density at radius 2 is 2.19 bits per heavy atom. The Morgan fingerprint density at radius 3 is 2.76 bits per heavy atom. The Bertz CT molecular complexity index is 680. The van der Waals surface area contributed by atoms with Crippen LogP contribution in [0.5, 0.6) is 0 Å². The smallest absolute Gasteiger partial charge is 0.262 e. The molecule has 1 aliphatic rings. The highest BCUT2D eigenvalue weighted by Crippen LogP contribution is 2.30. The molecule has 1 saturated heterocycles. The molecule has 1 amide bonds. The molecule has 1 aliphatic heterocycles. The van der Waals surface area contributed by atoms with Crippen LogP contribution in [0.4, 0.5) is 4.39 Å². The van der Waals surface area contributed by atoms with Crippen molar-refractivity contribution < 1.29 is 17.6 Å². The molecule has 0 aromatic heterocycles. The number of halogens is 3. The summed E-state index contributed by atoms with van der Waals surface area (Å²) in [6.07, 6.45) is 2.52. The molecular weight excluding hydrogens is 385 g/mol. The highest BCUT2D eigenvalue weighted by molar-refractivity contribution is 9.10. The van der Waals surface area contributed by atoms with Gasteiger partial charge in [0, 0.05) is 27.7 Å². The first-order valence-corrected chi connectivity index (χ1v) is 9.60. The topological polar surface area (TPSA) is 54.5 Å². The normalized spacial score (nSPS) is 19.0. The third-order valence-electron chi connectivity index (χ3n) is 3.62. The minimum atomic E-state index is -4.06. The monoisotopic (exact) mass is 397 g/mol. The van der Waals surface area contributed by atoms with Crippen molar-refractivity contribution in [2.75, 3.05) is 6.54 Å². The average molecular weight is 399 g/mol. The van der Waals surface area contributed by atoms with Gasteiger partial charge in [-0.05, 0) is 47.3 Å². The maximum atomic E-state index is 14.0. The molecule has 4 nitrogen and oxygen atoms in total. The molecule has 1 atom stereocenters. The van der Waals surface area contributed by atoms with Gasteiger partial charge >= 0.3 is 0 Å². The van der Waals surface area contributed by atoms with Crippen LogP contribution in [0.25, 0.3) is 0 Å². The van der Waals surface area contributed by atoms with Crippen molar-refractivity contribution in [3.8, 4) is 0 Å². The second-order valence-electron chi connectivity index (χ2n) is 4.90. The van der Waals surface area contributed by atoms with Crippen LogP contribution >= 0.6 is 26.6 Å². The zero-order valence-electron chi connectivity index (χ0n) is 11.3. The van der Waals surface area contributed by atoms with Gasteiger partial charge in [0.1, 0.15) is 5.82 Å². The fourth-order valence-corrected chi connectivity index (χ4v) is 4.73. The van der Waals surface area contributed by atoms with Gasteiger partial charge in [0.05, 0.1) is 10.5 Å². The van der Waals surface area contributed by atoms with Crippen LogP contribution in [0.1, 0.15) is 36.5 Å². The lowest BCUT2D eigenvalue weighted by Gasteiger charge is -2.24. The molecule has 0 N–H and O–H groups in total. The molecule has 0 aliphatic carbocycles. The third-order valence-corrected chi connectivity index (χ3v) is 5.90. The van der Waals surface area contributed by atoms with Gasteiger partial charge in [-0.15, -0.1) is 0 Å². The van der Waals surface area contributed by atoms with E-state index < -0.39 is 20.8 Å². The number of hydrogen-bond donors (Lipinski definition) is 0. The van der Waals surface area contributed by atoms with Crippen LogP contribution in [-0.4, -0.2) is 31.8 Å². The Hall–Kier alpha value is -0.660. The number of carbonyl (C=O) groups is 1. The van der Waals surface area contributed by atoms with Crippen LogP contribution in [0.2, 0.25) is 0 Å². The van der Waals surface area contributed by atoms with Crippen molar-refractivity contribution in [2.45, 2.75) is 37.1 Å². The molecule has 1 heterocycles. The first-order chi connectivity index (χ1) is 9.75. The second kappa shape index (κ2) is 6.22. The van der Waals surface area contributed by atoms with Crippen LogP contribution in [0, 0.1) is 5.82 Å². The Labute approximate surface area is 135 Å². The third kappa shape index (κ3) is 3.40. The minimum absolute atomic E-state index is 0.0000125. The summed E-state index contributed by atoms with van der Waals surface area (Å²) in [6.45, 7) is 2.51. The van der Waals surface area contributed by atoms with Gasteiger partial charge in [-0.3, -0.25) is 4.79 Å². The van der Waals surface area contributed by atoms with E-state index in [0.717, 1.165) is 31.4 Å². The van der Waals surface area contributed by atoms with Crippen molar-refractivity contribution in [2.24, 2.45) is 0 Å². The van der Waals surface area contributed by atoms with Crippen molar-refractivity contribution in [1.29, 1.82) is 0 Å². The van der Waals surface area contributed by atoms with Crippen LogP contribution in [0.15, 0.2) is 21.5 Å². The van der Waals surface area contributed by atoms with Gasteiger partial charge < -0.3 is 4.90 Å². The summed E-state index contributed by atoms with van der Waals surface area (Å²) in [5.74, 6) is -1.26. The minimum Gasteiger partial charge on any atom is -0.336 e. The van der Waals surface area contributed by atoms with Gasteiger partial charge in [0.2, 0.25) is 0 Å². The molecule has 21 heavy (non-hydrogen) atoms. The molecule has 1 fully saturated rings. The fourth-order valence-electron chi connectivity index (χ4n) is 2.56. The lowest BCUT2D eigenvalue weighted by molar-refractivity contribution is 0.0728. The molecular formula is C13H14BrClFNO3S. The van der Waals surface area contributed by atoms with E-state index in [1.54, 1.807) is 4.90 Å². The van der Waals surface area contributed by atoms with E-state index in [0.29, 0.717) is 6.54 Å². The number of likely N-dealkylation sites (tertiary alicyclic amines) is 1. The summed E-state index contributed by atoms with van der Waals surface area (Å²) in [6, 6.07) is 2.02. The summed E-state index contributed by atoms with van der Waals surface area (Å²) < 4.78 is 37.0. The predicted molar refractivity (Wildman–Crippen MR) is 81.5 cm³/mol. The number of carbonyl (C=O) groups excluding carboxylic acids is 1. The van der Waals surface area contributed by atoms with Gasteiger partial charge in [0.25, 0.3) is 15.0 Å². The summed E-state index contributed by atoms with van der Waals surface area (Å²) in [7, 11) is 1.24. The van der Waals surface area contributed by atoms with Gasteiger partial charge in [0.15, 0.2) is 0 Å². The molecule has 8 heteroatoms. The summed E-state index contributed by atoms with van der Waals surface area (Å²) in [5.41, 5.74) is -0.266. The predicted octanol–water partition coefficient (Wildman–Crippen LogP) is 3.53. The number of hydrogen-bond acceptors (Lipinski definition) is 3. The maximum Gasteiger partial charge on any atom is 0.262 e. The molecule has 1 unspecified atom stereocenters.